The molecule has 16 heavy (non-hydrogen) atoms. The monoisotopic (exact) mass is 225 g/mol. The Hall–Kier alpha value is -0.275. The summed E-state index contributed by atoms with van der Waals surface area (Å²) in [5.74, 6) is 0.513. The van der Waals surface area contributed by atoms with Crippen LogP contribution in [-0.4, -0.2) is 26.3 Å². The fraction of sp³-hybridized carbons (Fsp3) is 0.846. The summed E-state index contributed by atoms with van der Waals surface area (Å²) < 4.78 is 11.0. The van der Waals surface area contributed by atoms with Crippen molar-refractivity contribution in [1.29, 1.82) is 0 Å². The third kappa shape index (κ3) is 5.71. The Labute approximate surface area is 102 Å². The first-order valence-corrected chi connectivity index (χ1v) is 6.30. The van der Waals surface area contributed by atoms with Gasteiger partial charge in [0.05, 0.1) is 6.61 Å². The molecule has 0 bridgehead atoms. The van der Waals surface area contributed by atoms with Crippen molar-refractivity contribution < 1.29 is 9.39 Å². The molecule has 93 valence electrons. The summed E-state index contributed by atoms with van der Waals surface area (Å²) in [6, 6.07) is 0. The molecule has 1 rings (SSSR count). The SMILES string of the molecule is CC.CC(C)C(C)(C)O[B]C1=CCOCC1. The van der Waals surface area contributed by atoms with E-state index in [2.05, 4.69) is 33.8 Å². The van der Waals surface area contributed by atoms with Crippen molar-refractivity contribution >= 4 is 7.48 Å². The van der Waals surface area contributed by atoms with Crippen LogP contribution in [0.3, 0.4) is 0 Å². The first-order valence-electron chi connectivity index (χ1n) is 6.30. The van der Waals surface area contributed by atoms with Gasteiger partial charge in [-0.15, -0.1) is 0 Å². The predicted molar refractivity (Wildman–Crippen MR) is 70.6 cm³/mol. The molecule has 0 spiro atoms. The topological polar surface area (TPSA) is 18.5 Å². The maximum absolute atomic E-state index is 5.78. The van der Waals surface area contributed by atoms with Gasteiger partial charge in [0.25, 0.3) is 0 Å². The van der Waals surface area contributed by atoms with Gasteiger partial charge in [-0.3, -0.25) is 0 Å². The molecule has 0 aromatic heterocycles. The average Bonchev–Trinajstić information content (AvgIpc) is 2.30. The van der Waals surface area contributed by atoms with Crippen LogP contribution in [0.2, 0.25) is 0 Å². The van der Waals surface area contributed by atoms with Crippen LogP contribution in [0.15, 0.2) is 11.5 Å². The van der Waals surface area contributed by atoms with Crippen LogP contribution in [0.4, 0.5) is 0 Å². The Morgan fingerprint density at radius 1 is 1.38 bits per heavy atom. The van der Waals surface area contributed by atoms with Crippen LogP contribution in [0.5, 0.6) is 0 Å². The molecule has 1 aliphatic rings. The van der Waals surface area contributed by atoms with Crippen molar-refractivity contribution in [3.05, 3.63) is 11.5 Å². The van der Waals surface area contributed by atoms with Gasteiger partial charge < -0.3 is 9.39 Å². The second-order valence-electron chi connectivity index (χ2n) is 4.60. The Morgan fingerprint density at radius 2 is 2.00 bits per heavy atom. The predicted octanol–water partition coefficient (Wildman–Crippen LogP) is 3.39. The van der Waals surface area contributed by atoms with Crippen LogP contribution < -0.4 is 0 Å². The van der Waals surface area contributed by atoms with E-state index in [1.165, 1.54) is 5.47 Å². The molecule has 1 heterocycles. The van der Waals surface area contributed by atoms with Crippen LogP contribution in [0, 0.1) is 5.92 Å². The zero-order valence-electron chi connectivity index (χ0n) is 11.7. The number of hydrogen-bond donors (Lipinski definition) is 0. The molecule has 0 aromatic carbocycles. The minimum Gasteiger partial charge on any atom is -0.430 e. The molecular weight excluding hydrogens is 199 g/mol. The third-order valence-corrected chi connectivity index (χ3v) is 2.90. The molecule has 1 radical (unpaired) electrons. The fourth-order valence-electron chi connectivity index (χ4n) is 1.01. The van der Waals surface area contributed by atoms with Crippen molar-refractivity contribution in [1.82, 2.24) is 0 Å². The Morgan fingerprint density at radius 3 is 2.44 bits per heavy atom. The van der Waals surface area contributed by atoms with E-state index in [0.29, 0.717) is 5.92 Å². The summed E-state index contributed by atoms with van der Waals surface area (Å²) in [5, 5.41) is 0. The minimum atomic E-state index is -0.0842. The molecule has 0 fully saturated rings. The summed E-state index contributed by atoms with van der Waals surface area (Å²) in [7, 11) is 1.89. The molecule has 0 unspecified atom stereocenters. The number of hydrogen-bond acceptors (Lipinski definition) is 2. The summed E-state index contributed by atoms with van der Waals surface area (Å²) in [4.78, 5) is 0. The highest BCUT2D eigenvalue weighted by molar-refractivity contribution is 6.38. The average molecular weight is 225 g/mol. The van der Waals surface area contributed by atoms with Crippen LogP contribution in [0.25, 0.3) is 0 Å². The normalized spacial score (nSPS) is 16.3. The molecule has 2 nitrogen and oxygen atoms in total. The van der Waals surface area contributed by atoms with Gasteiger partial charge in [-0.25, -0.2) is 0 Å². The molecule has 0 aliphatic carbocycles. The van der Waals surface area contributed by atoms with E-state index >= 15 is 0 Å². The number of rotatable bonds is 4. The summed E-state index contributed by atoms with van der Waals surface area (Å²) >= 11 is 0. The van der Waals surface area contributed by atoms with Gasteiger partial charge in [-0.2, -0.15) is 0 Å². The molecule has 3 heteroatoms. The van der Waals surface area contributed by atoms with Crippen molar-refractivity contribution in [2.45, 2.75) is 53.6 Å². The third-order valence-electron chi connectivity index (χ3n) is 2.90. The van der Waals surface area contributed by atoms with E-state index in [0.717, 1.165) is 19.6 Å². The van der Waals surface area contributed by atoms with E-state index in [9.17, 15) is 0 Å². The molecule has 0 saturated carbocycles. The molecule has 0 amide bonds. The lowest BCUT2D eigenvalue weighted by Gasteiger charge is -2.30. The van der Waals surface area contributed by atoms with Crippen molar-refractivity contribution in [2.75, 3.05) is 13.2 Å². The fourth-order valence-corrected chi connectivity index (χ4v) is 1.01. The quantitative estimate of drug-likeness (QED) is 0.683. The van der Waals surface area contributed by atoms with Gasteiger partial charge in [0.15, 0.2) is 0 Å². The van der Waals surface area contributed by atoms with Crippen molar-refractivity contribution in [3.63, 3.8) is 0 Å². The van der Waals surface area contributed by atoms with Gasteiger partial charge >= 0.3 is 7.48 Å². The van der Waals surface area contributed by atoms with E-state index < -0.39 is 0 Å². The first-order chi connectivity index (χ1) is 7.52. The van der Waals surface area contributed by atoms with E-state index in [4.69, 9.17) is 9.39 Å². The Bertz CT molecular complexity index is 210. The molecule has 0 N–H and O–H groups in total. The zero-order valence-corrected chi connectivity index (χ0v) is 11.7. The van der Waals surface area contributed by atoms with Gasteiger partial charge in [0, 0.05) is 12.2 Å². The van der Waals surface area contributed by atoms with E-state index in [-0.39, 0.29) is 5.60 Å². The molecule has 0 aromatic rings. The lowest BCUT2D eigenvalue weighted by Crippen LogP contribution is -2.33. The summed E-state index contributed by atoms with van der Waals surface area (Å²) in [6.07, 6.45) is 3.05. The first kappa shape index (κ1) is 15.7. The Balaban J connectivity index is 0.00000106. The van der Waals surface area contributed by atoms with E-state index in [1.807, 2.05) is 21.3 Å². The minimum absolute atomic E-state index is 0.0842. The highest BCUT2D eigenvalue weighted by atomic mass is 16.5. The van der Waals surface area contributed by atoms with Gasteiger partial charge in [-0.1, -0.05) is 39.2 Å². The molecule has 0 atom stereocenters. The van der Waals surface area contributed by atoms with Gasteiger partial charge in [-0.05, 0) is 26.2 Å². The second-order valence-corrected chi connectivity index (χ2v) is 4.60. The van der Waals surface area contributed by atoms with Crippen molar-refractivity contribution in [3.8, 4) is 0 Å². The van der Waals surface area contributed by atoms with E-state index in [1.54, 1.807) is 0 Å². The molecule has 0 saturated heterocycles. The van der Waals surface area contributed by atoms with Crippen LogP contribution >= 0.6 is 0 Å². The van der Waals surface area contributed by atoms with Crippen LogP contribution in [0.1, 0.15) is 48.0 Å². The molecule has 1 aliphatic heterocycles. The standard InChI is InChI=1S/C11H20BO2.C2H6/c1-9(2)11(3,4)14-12-10-5-7-13-8-6-10;1-2/h5,9H,6-8H2,1-4H3;1-2H3. The zero-order chi connectivity index (χ0) is 12.6. The lowest BCUT2D eigenvalue weighted by atomic mass is 9.81. The number of ether oxygens (including phenoxy) is 1. The summed E-state index contributed by atoms with van der Waals surface area (Å²) in [6.45, 7) is 14.1. The van der Waals surface area contributed by atoms with Gasteiger partial charge in [0.2, 0.25) is 0 Å². The van der Waals surface area contributed by atoms with Crippen LogP contribution in [-0.2, 0) is 9.39 Å². The largest absolute Gasteiger partial charge is 0.430 e. The maximum Gasteiger partial charge on any atom is 0.326 e. The lowest BCUT2D eigenvalue weighted by molar-refractivity contribution is 0.0647. The highest BCUT2D eigenvalue weighted by Crippen LogP contribution is 2.21. The smallest absolute Gasteiger partial charge is 0.326 e. The van der Waals surface area contributed by atoms with Crippen molar-refractivity contribution in [2.24, 2.45) is 5.92 Å². The summed E-state index contributed by atoms with van der Waals surface area (Å²) in [5.41, 5.74) is 1.17. The molecular formula is C13H26BO2. The Kier molecular flexibility index (Phi) is 7.78. The maximum atomic E-state index is 5.78. The van der Waals surface area contributed by atoms with Gasteiger partial charge in [0.1, 0.15) is 0 Å². The highest BCUT2D eigenvalue weighted by Gasteiger charge is 2.23. The second kappa shape index (κ2) is 7.91.